The van der Waals surface area contributed by atoms with Crippen LogP contribution >= 0.6 is 0 Å². The van der Waals surface area contributed by atoms with E-state index in [0.29, 0.717) is 12.3 Å². The Labute approximate surface area is 82.3 Å². The van der Waals surface area contributed by atoms with E-state index in [1.54, 1.807) is 18.2 Å². The van der Waals surface area contributed by atoms with Crippen LogP contribution in [-0.2, 0) is 4.74 Å². The number of esters is 1. The molecule has 1 heterocycles. The maximum Gasteiger partial charge on any atom is 0.373 e. The summed E-state index contributed by atoms with van der Waals surface area (Å²) in [5.41, 5.74) is 5.31. The second kappa shape index (κ2) is 5.24. The lowest BCUT2D eigenvalue weighted by Crippen LogP contribution is -1.98. The van der Waals surface area contributed by atoms with Crippen LogP contribution in [0, 0.1) is 0 Å². The van der Waals surface area contributed by atoms with E-state index >= 15 is 0 Å². The first kappa shape index (κ1) is 10.5. The molecular formula is C10H13NO3. The zero-order valence-corrected chi connectivity index (χ0v) is 8.03. The maximum atomic E-state index is 11.0. The molecule has 0 saturated carbocycles. The first-order chi connectivity index (χ1) is 6.77. The Morgan fingerprint density at radius 3 is 3.07 bits per heavy atom. The number of nitrogens with two attached hydrogens (primary N) is 1. The third-order valence-electron chi connectivity index (χ3n) is 1.63. The molecule has 0 aliphatic heterocycles. The van der Waals surface area contributed by atoms with Crippen molar-refractivity contribution in [1.29, 1.82) is 0 Å². The van der Waals surface area contributed by atoms with Crippen LogP contribution in [0.3, 0.4) is 0 Å². The highest BCUT2D eigenvalue weighted by Gasteiger charge is 2.08. The number of hydrogen-bond donors (Lipinski definition) is 1. The fourth-order valence-electron chi connectivity index (χ4n) is 0.948. The molecule has 1 aromatic rings. The summed E-state index contributed by atoms with van der Waals surface area (Å²) < 4.78 is 9.68. The van der Waals surface area contributed by atoms with Gasteiger partial charge < -0.3 is 14.9 Å². The molecule has 14 heavy (non-hydrogen) atoms. The average molecular weight is 195 g/mol. The van der Waals surface area contributed by atoms with Crippen LogP contribution in [0.4, 0.5) is 0 Å². The molecule has 4 nitrogen and oxygen atoms in total. The molecule has 0 saturated heterocycles. The van der Waals surface area contributed by atoms with Crippen LogP contribution < -0.4 is 5.73 Å². The van der Waals surface area contributed by atoms with Gasteiger partial charge in [0.25, 0.3) is 0 Å². The van der Waals surface area contributed by atoms with E-state index in [2.05, 4.69) is 4.74 Å². The monoisotopic (exact) mass is 195 g/mol. The summed E-state index contributed by atoms with van der Waals surface area (Å²) in [7, 11) is 1.31. The normalized spacial score (nSPS) is 10.7. The van der Waals surface area contributed by atoms with Crippen LogP contribution in [0.15, 0.2) is 22.6 Å². The topological polar surface area (TPSA) is 65.5 Å². The van der Waals surface area contributed by atoms with Gasteiger partial charge in [-0.15, -0.1) is 0 Å². The van der Waals surface area contributed by atoms with Crippen molar-refractivity contribution in [3.05, 3.63) is 29.7 Å². The van der Waals surface area contributed by atoms with E-state index in [1.165, 1.54) is 7.11 Å². The van der Waals surface area contributed by atoms with Gasteiger partial charge in [-0.1, -0.05) is 6.08 Å². The van der Waals surface area contributed by atoms with E-state index in [1.807, 2.05) is 6.08 Å². The summed E-state index contributed by atoms with van der Waals surface area (Å²) in [5.74, 6) is 0.363. The second-order valence-corrected chi connectivity index (χ2v) is 2.67. The predicted octanol–water partition coefficient (Wildman–Crippen LogP) is 1.43. The minimum atomic E-state index is -0.469. The van der Waals surface area contributed by atoms with Gasteiger partial charge in [0, 0.05) is 0 Å². The molecule has 0 aliphatic rings. The van der Waals surface area contributed by atoms with Crippen molar-refractivity contribution >= 4 is 12.0 Å². The molecule has 0 aromatic carbocycles. The van der Waals surface area contributed by atoms with E-state index < -0.39 is 5.97 Å². The number of rotatable bonds is 4. The average Bonchev–Trinajstić information content (AvgIpc) is 2.66. The third kappa shape index (κ3) is 2.74. The Balaban J connectivity index is 2.63. The molecule has 0 unspecified atom stereocenters. The van der Waals surface area contributed by atoms with Crippen LogP contribution in [0.1, 0.15) is 22.7 Å². The SMILES string of the molecule is COC(=O)c1ccc(C=CCCN)o1. The van der Waals surface area contributed by atoms with Crippen LogP contribution in [0.25, 0.3) is 6.08 Å². The quantitative estimate of drug-likeness (QED) is 0.738. The molecule has 0 spiro atoms. The highest BCUT2D eigenvalue weighted by molar-refractivity contribution is 5.86. The van der Waals surface area contributed by atoms with Gasteiger partial charge in [-0.2, -0.15) is 0 Å². The predicted molar refractivity (Wildman–Crippen MR) is 52.8 cm³/mol. The van der Waals surface area contributed by atoms with E-state index in [-0.39, 0.29) is 5.76 Å². The van der Waals surface area contributed by atoms with Crippen molar-refractivity contribution in [2.45, 2.75) is 6.42 Å². The van der Waals surface area contributed by atoms with Crippen LogP contribution in [-0.4, -0.2) is 19.6 Å². The highest BCUT2D eigenvalue weighted by atomic mass is 16.5. The lowest BCUT2D eigenvalue weighted by molar-refractivity contribution is 0.0564. The van der Waals surface area contributed by atoms with Crippen molar-refractivity contribution < 1.29 is 13.9 Å². The molecule has 4 heteroatoms. The summed E-state index contributed by atoms with van der Waals surface area (Å²) in [6, 6.07) is 3.28. The molecule has 0 aliphatic carbocycles. The van der Waals surface area contributed by atoms with Gasteiger partial charge in [0.1, 0.15) is 5.76 Å². The molecule has 0 fully saturated rings. The maximum absolute atomic E-state index is 11.0. The zero-order chi connectivity index (χ0) is 10.4. The van der Waals surface area contributed by atoms with Crippen molar-refractivity contribution in [1.82, 2.24) is 0 Å². The van der Waals surface area contributed by atoms with Crippen molar-refractivity contribution in [3.8, 4) is 0 Å². The van der Waals surface area contributed by atoms with Crippen LogP contribution in [0.5, 0.6) is 0 Å². The van der Waals surface area contributed by atoms with Gasteiger partial charge in [-0.3, -0.25) is 0 Å². The van der Waals surface area contributed by atoms with E-state index in [9.17, 15) is 4.79 Å². The molecule has 0 amide bonds. The van der Waals surface area contributed by atoms with Crippen LogP contribution in [0.2, 0.25) is 0 Å². The third-order valence-corrected chi connectivity index (χ3v) is 1.63. The van der Waals surface area contributed by atoms with Crippen molar-refractivity contribution in [2.24, 2.45) is 5.73 Å². The summed E-state index contributed by atoms with van der Waals surface area (Å²) in [6.45, 7) is 0.598. The van der Waals surface area contributed by atoms with Crippen molar-refractivity contribution in [3.63, 3.8) is 0 Å². The lowest BCUT2D eigenvalue weighted by Gasteiger charge is -1.91. The number of carbonyl (C=O) groups excluding carboxylic acids is 1. The van der Waals surface area contributed by atoms with E-state index in [0.717, 1.165) is 6.42 Å². The molecule has 1 rings (SSSR count). The standard InChI is InChI=1S/C10H13NO3/c1-13-10(12)9-6-5-8(14-9)4-2-3-7-11/h2,4-6H,3,7,11H2,1H3. The fraction of sp³-hybridized carbons (Fsp3) is 0.300. The largest absolute Gasteiger partial charge is 0.463 e. The Morgan fingerprint density at radius 1 is 1.64 bits per heavy atom. The Bertz CT molecular complexity index is 328. The molecule has 76 valence electrons. The molecule has 0 atom stereocenters. The molecular weight excluding hydrogens is 182 g/mol. The van der Waals surface area contributed by atoms with Gasteiger partial charge in [0.2, 0.25) is 5.76 Å². The van der Waals surface area contributed by atoms with Gasteiger partial charge in [0.15, 0.2) is 0 Å². The molecule has 0 radical (unpaired) electrons. The summed E-state index contributed by atoms with van der Waals surface area (Å²) >= 11 is 0. The first-order valence-electron chi connectivity index (χ1n) is 4.32. The van der Waals surface area contributed by atoms with Gasteiger partial charge in [-0.25, -0.2) is 4.79 Å². The zero-order valence-electron chi connectivity index (χ0n) is 8.03. The minimum Gasteiger partial charge on any atom is -0.463 e. The smallest absolute Gasteiger partial charge is 0.373 e. The van der Waals surface area contributed by atoms with Gasteiger partial charge in [0.05, 0.1) is 7.11 Å². The molecule has 0 bridgehead atoms. The lowest BCUT2D eigenvalue weighted by atomic mass is 10.3. The van der Waals surface area contributed by atoms with Crippen molar-refractivity contribution in [2.75, 3.05) is 13.7 Å². The number of ether oxygens (including phenoxy) is 1. The van der Waals surface area contributed by atoms with Gasteiger partial charge in [-0.05, 0) is 31.2 Å². The number of hydrogen-bond acceptors (Lipinski definition) is 4. The van der Waals surface area contributed by atoms with Gasteiger partial charge >= 0.3 is 5.97 Å². The number of carbonyl (C=O) groups is 1. The fourth-order valence-corrected chi connectivity index (χ4v) is 0.948. The first-order valence-corrected chi connectivity index (χ1v) is 4.32. The highest BCUT2D eigenvalue weighted by Crippen LogP contribution is 2.10. The Kier molecular flexibility index (Phi) is 3.94. The number of furan rings is 1. The minimum absolute atomic E-state index is 0.208. The summed E-state index contributed by atoms with van der Waals surface area (Å²) in [6.07, 6.45) is 4.45. The molecule has 1 aromatic heterocycles. The number of methoxy groups -OCH3 is 1. The molecule has 2 N–H and O–H groups in total. The Morgan fingerprint density at radius 2 is 2.43 bits per heavy atom. The van der Waals surface area contributed by atoms with E-state index in [4.69, 9.17) is 10.2 Å². The summed E-state index contributed by atoms with van der Waals surface area (Å²) in [5, 5.41) is 0. The Hall–Kier alpha value is -1.55. The summed E-state index contributed by atoms with van der Waals surface area (Å²) in [4.78, 5) is 11.0. The second-order valence-electron chi connectivity index (χ2n) is 2.67.